The molecule has 0 radical (unpaired) electrons. The first-order chi connectivity index (χ1) is 18.9. The summed E-state index contributed by atoms with van der Waals surface area (Å²) in [7, 11) is 3.85. The Morgan fingerprint density at radius 2 is 1.73 bits per heavy atom. The standard InChI is InChI=1S/C28H33F3N8O/c1-17-6-7-20(12-25(17)39-16-24(34-35-39)22-15-32-37(5)19(22)3)27(40)33-21-13-23(28(29,30)31)18(2)26(14-21)38-10-8-36(4)9-11-38/h6-7,12-16,34-35H,8-11H2,1-5H3,(H,33,40). The molecule has 1 saturated heterocycles. The Morgan fingerprint density at radius 1 is 1.00 bits per heavy atom. The lowest BCUT2D eigenvalue weighted by molar-refractivity contribution is -0.138. The van der Waals surface area contributed by atoms with Gasteiger partial charge in [-0.2, -0.15) is 18.3 Å². The van der Waals surface area contributed by atoms with Crippen LogP contribution in [0.25, 0.3) is 5.70 Å². The Labute approximate surface area is 231 Å². The molecule has 0 aliphatic carbocycles. The van der Waals surface area contributed by atoms with Crippen LogP contribution in [0.1, 0.15) is 38.3 Å². The van der Waals surface area contributed by atoms with Crippen molar-refractivity contribution in [3.8, 4) is 0 Å². The molecule has 1 fully saturated rings. The van der Waals surface area contributed by atoms with Crippen molar-refractivity contribution in [2.75, 3.05) is 48.5 Å². The Hall–Kier alpha value is -4.03. The normalized spacial score (nSPS) is 16.2. The van der Waals surface area contributed by atoms with E-state index in [0.29, 0.717) is 24.3 Å². The van der Waals surface area contributed by atoms with E-state index in [4.69, 9.17) is 0 Å². The molecular formula is C28H33F3N8O. The van der Waals surface area contributed by atoms with E-state index in [1.165, 1.54) is 6.92 Å². The third kappa shape index (κ3) is 5.36. The van der Waals surface area contributed by atoms with Crippen LogP contribution in [0.4, 0.5) is 30.2 Å². The molecule has 0 spiro atoms. The number of carbonyl (C=O) groups excluding carboxylic acids is 1. The molecule has 2 aliphatic heterocycles. The lowest BCUT2D eigenvalue weighted by Crippen LogP contribution is -2.44. The van der Waals surface area contributed by atoms with Gasteiger partial charge in [0, 0.05) is 67.6 Å². The summed E-state index contributed by atoms with van der Waals surface area (Å²) in [5.74, 6) is -0.498. The van der Waals surface area contributed by atoms with Gasteiger partial charge in [0.25, 0.3) is 5.91 Å². The van der Waals surface area contributed by atoms with Crippen molar-refractivity contribution in [3.63, 3.8) is 0 Å². The number of benzene rings is 2. The number of amides is 1. The fourth-order valence-corrected chi connectivity index (χ4v) is 5.00. The van der Waals surface area contributed by atoms with Gasteiger partial charge in [0.2, 0.25) is 0 Å². The maximum absolute atomic E-state index is 14.0. The van der Waals surface area contributed by atoms with Gasteiger partial charge >= 0.3 is 6.18 Å². The number of alkyl halides is 3. The molecule has 12 heteroatoms. The van der Waals surface area contributed by atoms with Crippen LogP contribution in [0.5, 0.6) is 0 Å². The summed E-state index contributed by atoms with van der Waals surface area (Å²) < 4.78 is 43.7. The highest BCUT2D eigenvalue weighted by atomic mass is 19.4. The smallest absolute Gasteiger partial charge is 0.369 e. The zero-order valence-electron chi connectivity index (χ0n) is 23.1. The van der Waals surface area contributed by atoms with Crippen molar-refractivity contribution in [3.05, 3.63) is 76.2 Å². The van der Waals surface area contributed by atoms with Crippen LogP contribution in [0, 0.1) is 20.8 Å². The summed E-state index contributed by atoms with van der Waals surface area (Å²) in [6.07, 6.45) is -0.913. The van der Waals surface area contributed by atoms with Crippen molar-refractivity contribution < 1.29 is 18.0 Å². The molecule has 3 heterocycles. The van der Waals surface area contributed by atoms with Gasteiger partial charge in [-0.3, -0.25) is 14.5 Å². The predicted octanol–water partition coefficient (Wildman–Crippen LogP) is 4.20. The lowest BCUT2D eigenvalue weighted by Gasteiger charge is -2.35. The highest BCUT2D eigenvalue weighted by molar-refractivity contribution is 6.05. The Bertz CT molecular complexity index is 1470. The van der Waals surface area contributed by atoms with Crippen molar-refractivity contribution >= 4 is 28.7 Å². The number of halogens is 3. The second kappa shape index (κ2) is 10.5. The van der Waals surface area contributed by atoms with Gasteiger partial charge in [-0.05, 0) is 63.2 Å². The minimum atomic E-state index is -4.55. The second-order valence-corrected chi connectivity index (χ2v) is 10.3. The fourth-order valence-electron chi connectivity index (χ4n) is 5.00. The van der Waals surface area contributed by atoms with Gasteiger partial charge in [0.05, 0.1) is 23.1 Å². The number of carbonyl (C=O) groups is 1. The van der Waals surface area contributed by atoms with Crippen LogP contribution in [0.2, 0.25) is 0 Å². The molecule has 3 N–H and O–H groups in total. The highest BCUT2D eigenvalue weighted by Gasteiger charge is 2.35. The van der Waals surface area contributed by atoms with E-state index in [0.717, 1.165) is 47.4 Å². The van der Waals surface area contributed by atoms with Gasteiger partial charge in [-0.1, -0.05) is 6.07 Å². The largest absolute Gasteiger partial charge is 0.416 e. The number of hydrogen-bond acceptors (Lipinski definition) is 7. The van der Waals surface area contributed by atoms with E-state index < -0.39 is 17.6 Å². The first kappa shape index (κ1) is 27.5. The number of piperazine rings is 1. The molecule has 1 amide bonds. The fraction of sp³-hybridized carbons (Fsp3) is 0.357. The minimum Gasteiger partial charge on any atom is -0.369 e. The number of rotatable bonds is 5. The van der Waals surface area contributed by atoms with Crippen LogP contribution in [0.3, 0.4) is 0 Å². The molecule has 2 aliphatic rings. The third-order valence-electron chi connectivity index (χ3n) is 7.61. The number of hydrogen-bond donors (Lipinski definition) is 3. The molecular weight excluding hydrogens is 521 g/mol. The highest BCUT2D eigenvalue weighted by Crippen LogP contribution is 2.39. The molecule has 40 heavy (non-hydrogen) atoms. The summed E-state index contributed by atoms with van der Waals surface area (Å²) in [5, 5.41) is 8.75. The molecule has 3 aromatic rings. The quantitative estimate of drug-likeness (QED) is 0.436. The Kier molecular flexibility index (Phi) is 7.23. The lowest BCUT2D eigenvalue weighted by atomic mass is 10.0. The van der Waals surface area contributed by atoms with Crippen molar-refractivity contribution in [2.24, 2.45) is 7.05 Å². The average molecular weight is 555 g/mol. The average Bonchev–Trinajstić information content (AvgIpc) is 3.51. The molecule has 212 valence electrons. The van der Waals surface area contributed by atoms with Gasteiger partial charge in [0.15, 0.2) is 0 Å². The number of anilines is 3. The summed E-state index contributed by atoms with van der Waals surface area (Å²) in [5.41, 5.74) is 10.9. The summed E-state index contributed by atoms with van der Waals surface area (Å²) >= 11 is 0. The molecule has 0 atom stereocenters. The maximum atomic E-state index is 14.0. The van der Waals surface area contributed by atoms with Crippen molar-refractivity contribution in [1.82, 2.24) is 25.6 Å². The molecule has 0 saturated carbocycles. The second-order valence-electron chi connectivity index (χ2n) is 10.3. The molecule has 0 bridgehead atoms. The Balaban J connectivity index is 1.42. The zero-order chi connectivity index (χ0) is 28.8. The molecule has 9 nitrogen and oxygen atoms in total. The van der Waals surface area contributed by atoms with Crippen LogP contribution < -0.4 is 26.2 Å². The number of hydrazine groups is 2. The molecule has 5 rings (SSSR count). The SMILES string of the molecule is Cc1ccc(C(=O)Nc2cc(N3CCN(C)CC3)c(C)c(C(F)(F)F)c2)cc1N1C=C(c2cnn(C)c2C)NN1. The van der Waals surface area contributed by atoms with Crippen LogP contribution in [-0.2, 0) is 13.2 Å². The van der Waals surface area contributed by atoms with E-state index in [1.807, 2.05) is 39.0 Å². The van der Waals surface area contributed by atoms with Gasteiger partial charge in [-0.15, -0.1) is 5.53 Å². The van der Waals surface area contributed by atoms with Crippen LogP contribution >= 0.6 is 0 Å². The van der Waals surface area contributed by atoms with E-state index in [2.05, 4.69) is 26.3 Å². The maximum Gasteiger partial charge on any atom is 0.416 e. The predicted molar refractivity (Wildman–Crippen MR) is 150 cm³/mol. The number of aromatic nitrogens is 2. The van der Waals surface area contributed by atoms with Gasteiger partial charge < -0.3 is 20.5 Å². The monoisotopic (exact) mass is 554 g/mol. The Morgan fingerprint density at radius 3 is 2.38 bits per heavy atom. The van der Waals surface area contributed by atoms with Crippen molar-refractivity contribution in [1.29, 1.82) is 0 Å². The van der Waals surface area contributed by atoms with Crippen LogP contribution in [-0.4, -0.2) is 53.8 Å². The first-order valence-electron chi connectivity index (χ1n) is 13.0. The van der Waals surface area contributed by atoms with Gasteiger partial charge in [-0.25, -0.2) is 0 Å². The molecule has 2 aromatic carbocycles. The number of aryl methyl sites for hydroxylation is 2. The van der Waals surface area contributed by atoms with E-state index in [-0.39, 0.29) is 11.3 Å². The van der Waals surface area contributed by atoms with Gasteiger partial charge in [0.1, 0.15) is 0 Å². The van der Waals surface area contributed by atoms with E-state index >= 15 is 0 Å². The van der Waals surface area contributed by atoms with Crippen molar-refractivity contribution in [2.45, 2.75) is 26.9 Å². The van der Waals surface area contributed by atoms with E-state index in [9.17, 15) is 18.0 Å². The summed E-state index contributed by atoms with van der Waals surface area (Å²) in [6.45, 7) is 8.08. The number of nitrogens with zero attached hydrogens (tertiary/aromatic N) is 5. The minimum absolute atomic E-state index is 0.106. The molecule has 1 aromatic heterocycles. The van der Waals surface area contributed by atoms with Crippen LogP contribution in [0.15, 0.2) is 42.7 Å². The topological polar surface area (TPSA) is 80.7 Å². The summed E-state index contributed by atoms with van der Waals surface area (Å²) in [6, 6.07) is 7.82. The number of likely N-dealkylation sites (N-methyl/N-ethyl adjacent to an activating group) is 1. The first-order valence-corrected chi connectivity index (χ1v) is 13.0. The zero-order valence-corrected chi connectivity index (χ0v) is 23.1. The molecule has 0 unspecified atom stereocenters. The van der Waals surface area contributed by atoms with E-state index in [1.54, 1.807) is 40.2 Å². The third-order valence-corrected chi connectivity index (χ3v) is 7.61. The number of nitrogens with one attached hydrogen (secondary N) is 3. The summed E-state index contributed by atoms with van der Waals surface area (Å²) in [4.78, 5) is 17.4.